The molecule has 0 saturated heterocycles. The summed E-state index contributed by atoms with van der Waals surface area (Å²) in [5, 5.41) is 1.09. The summed E-state index contributed by atoms with van der Waals surface area (Å²) in [4.78, 5) is 4.74. The van der Waals surface area contributed by atoms with Crippen molar-refractivity contribution < 1.29 is 14.2 Å². The topological polar surface area (TPSA) is 40.6 Å². The highest BCUT2D eigenvalue weighted by Gasteiger charge is 2.10. The van der Waals surface area contributed by atoms with Crippen LogP contribution < -0.4 is 4.74 Å². The summed E-state index contributed by atoms with van der Waals surface area (Å²) in [5.41, 5.74) is 3.22. The third-order valence-electron chi connectivity index (χ3n) is 4.10. The summed E-state index contributed by atoms with van der Waals surface area (Å²) in [6.45, 7) is 4.84. The highest BCUT2D eigenvalue weighted by atomic mass is 79.9. The maximum Gasteiger partial charge on any atom is 0.217 e. The Labute approximate surface area is 168 Å². The average Bonchev–Trinajstić information content (AvgIpc) is 2.68. The normalized spacial score (nSPS) is 11.0. The predicted molar refractivity (Wildman–Crippen MR) is 111 cm³/mol. The molecule has 0 aliphatic rings. The fraction of sp³-hybridized carbons (Fsp3) is 0.318. The van der Waals surface area contributed by atoms with Crippen molar-refractivity contribution in [2.24, 2.45) is 0 Å². The van der Waals surface area contributed by atoms with Crippen molar-refractivity contribution in [1.82, 2.24) is 4.98 Å². The summed E-state index contributed by atoms with van der Waals surface area (Å²) >= 11 is 3.53. The van der Waals surface area contributed by atoms with Crippen LogP contribution in [0.2, 0.25) is 0 Å². The molecule has 0 atom stereocenters. The van der Waals surface area contributed by atoms with Crippen LogP contribution in [0.3, 0.4) is 0 Å². The maximum absolute atomic E-state index is 5.97. The van der Waals surface area contributed by atoms with Crippen LogP contribution in [-0.2, 0) is 15.9 Å². The molecule has 27 heavy (non-hydrogen) atoms. The third kappa shape index (κ3) is 6.03. The van der Waals surface area contributed by atoms with Gasteiger partial charge in [-0.2, -0.15) is 0 Å². The van der Waals surface area contributed by atoms with Gasteiger partial charge in [-0.05, 0) is 36.8 Å². The van der Waals surface area contributed by atoms with Crippen LogP contribution in [0, 0.1) is 0 Å². The van der Waals surface area contributed by atoms with E-state index >= 15 is 0 Å². The molecule has 0 N–H and O–H groups in total. The van der Waals surface area contributed by atoms with Crippen LogP contribution in [-0.4, -0.2) is 38.0 Å². The predicted octanol–water partition coefficient (Wildman–Crippen LogP) is 5.02. The minimum absolute atomic E-state index is 0.461. The second-order valence-electron chi connectivity index (χ2n) is 6.11. The van der Waals surface area contributed by atoms with Gasteiger partial charge in [0.05, 0.1) is 25.3 Å². The first-order chi connectivity index (χ1) is 13.3. The van der Waals surface area contributed by atoms with Crippen molar-refractivity contribution in [1.29, 1.82) is 0 Å². The Morgan fingerprint density at radius 3 is 2.48 bits per heavy atom. The monoisotopic (exact) mass is 429 g/mol. The lowest BCUT2D eigenvalue weighted by Crippen LogP contribution is -2.12. The number of pyridine rings is 1. The SMILES string of the molecule is CCOCCOCCOc1nc2ccc(Br)cc2cc1Cc1ccccc1. The molecule has 0 radical (unpaired) electrons. The lowest BCUT2D eigenvalue weighted by molar-refractivity contribution is 0.0398. The number of aromatic nitrogens is 1. The first-order valence-electron chi connectivity index (χ1n) is 9.17. The van der Waals surface area contributed by atoms with E-state index in [4.69, 9.17) is 19.2 Å². The molecule has 0 amide bonds. The minimum Gasteiger partial charge on any atom is -0.475 e. The maximum atomic E-state index is 5.97. The van der Waals surface area contributed by atoms with E-state index in [-0.39, 0.29) is 0 Å². The Morgan fingerprint density at radius 2 is 1.67 bits per heavy atom. The molecule has 3 rings (SSSR count). The van der Waals surface area contributed by atoms with Crippen LogP contribution in [0.25, 0.3) is 10.9 Å². The molecule has 0 aliphatic carbocycles. The molecular weight excluding hydrogens is 406 g/mol. The smallest absolute Gasteiger partial charge is 0.217 e. The zero-order valence-corrected chi connectivity index (χ0v) is 17.1. The molecule has 3 aromatic rings. The second-order valence-corrected chi connectivity index (χ2v) is 7.03. The van der Waals surface area contributed by atoms with Gasteiger partial charge in [0.2, 0.25) is 5.88 Å². The van der Waals surface area contributed by atoms with Crippen LogP contribution >= 0.6 is 15.9 Å². The first-order valence-corrected chi connectivity index (χ1v) is 9.97. The third-order valence-corrected chi connectivity index (χ3v) is 4.59. The Hall–Kier alpha value is -1.95. The molecule has 1 aromatic heterocycles. The summed E-state index contributed by atoms with van der Waals surface area (Å²) in [6.07, 6.45) is 0.775. The zero-order valence-electron chi connectivity index (χ0n) is 15.5. The summed E-state index contributed by atoms with van der Waals surface area (Å²) in [6, 6.07) is 18.6. The van der Waals surface area contributed by atoms with Gasteiger partial charge in [-0.3, -0.25) is 0 Å². The van der Waals surface area contributed by atoms with Gasteiger partial charge >= 0.3 is 0 Å². The molecule has 2 aromatic carbocycles. The minimum atomic E-state index is 0.461. The van der Waals surface area contributed by atoms with Crippen molar-refractivity contribution in [3.05, 3.63) is 70.2 Å². The molecule has 0 spiro atoms. The lowest BCUT2D eigenvalue weighted by atomic mass is 10.0. The Balaban J connectivity index is 1.72. The first kappa shape index (κ1) is 19.8. The molecule has 0 fully saturated rings. The van der Waals surface area contributed by atoms with Crippen molar-refractivity contribution >= 4 is 26.8 Å². The van der Waals surface area contributed by atoms with Crippen molar-refractivity contribution in [2.75, 3.05) is 33.0 Å². The van der Waals surface area contributed by atoms with E-state index < -0.39 is 0 Å². The van der Waals surface area contributed by atoms with Crippen LogP contribution in [0.4, 0.5) is 0 Å². The number of rotatable bonds is 10. The quantitative estimate of drug-likeness (QED) is 0.424. The van der Waals surface area contributed by atoms with Gasteiger partial charge < -0.3 is 14.2 Å². The molecule has 0 bridgehead atoms. The summed E-state index contributed by atoms with van der Waals surface area (Å²) < 4.78 is 17.8. The summed E-state index contributed by atoms with van der Waals surface area (Å²) in [5.74, 6) is 0.669. The second kappa shape index (κ2) is 10.4. The van der Waals surface area contributed by atoms with Crippen LogP contribution in [0.15, 0.2) is 59.1 Å². The highest BCUT2D eigenvalue weighted by Crippen LogP contribution is 2.27. The molecule has 142 valence electrons. The standard InChI is InChI=1S/C22H24BrNO3/c1-2-25-10-11-26-12-13-27-22-19(14-17-6-4-3-5-7-17)15-18-16-20(23)8-9-21(18)24-22/h3-9,15-16H,2,10-14H2,1H3. The van der Waals surface area contributed by atoms with Crippen LogP contribution in [0.5, 0.6) is 5.88 Å². The lowest BCUT2D eigenvalue weighted by Gasteiger charge is -2.13. The van der Waals surface area contributed by atoms with Gasteiger partial charge in [-0.1, -0.05) is 46.3 Å². The van der Waals surface area contributed by atoms with Crippen molar-refractivity contribution in [3.8, 4) is 5.88 Å². The van der Waals surface area contributed by atoms with E-state index in [1.807, 2.05) is 37.3 Å². The van der Waals surface area contributed by atoms with E-state index in [0.717, 1.165) is 27.4 Å². The van der Waals surface area contributed by atoms with E-state index in [0.29, 0.717) is 38.9 Å². The van der Waals surface area contributed by atoms with Gasteiger partial charge in [-0.25, -0.2) is 4.98 Å². The van der Waals surface area contributed by atoms with E-state index in [9.17, 15) is 0 Å². The number of benzene rings is 2. The highest BCUT2D eigenvalue weighted by molar-refractivity contribution is 9.10. The number of hydrogen-bond acceptors (Lipinski definition) is 4. The van der Waals surface area contributed by atoms with Gasteiger partial charge in [0, 0.05) is 28.5 Å². The molecule has 4 nitrogen and oxygen atoms in total. The number of nitrogens with zero attached hydrogens (tertiary/aromatic N) is 1. The Bertz CT molecular complexity index is 855. The largest absolute Gasteiger partial charge is 0.475 e. The Kier molecular flexibility index (Phi) is 7.63. The molecule has 5 heteroatoms. The van der Waals surface area contributed by atoms with Crippen molar-refractivity contribution in [2.45, 2.75) is 13.3 Å². The molecule has 0 aliphatic heterocycles. The fourth-order valence-corrected chi connectivity index (χ4v) is 3.18. The number of fused-ring (bicyclic) bond motifs is 1. The molecular formula is C22H24BrNO3. The average molecular weight is 430 g/mol. The van der Waals surface area contributed by atoms with E-state index in [2.05, 4.69) is 40.2 Å². The van der Waals surface area contributed by atoms with E-state index in [1.54, 1.807) is 0 Å². The van der Waals surface area contributed by atoms with Crippen molar-refractivity contribution in [3.63, 3.8) is 0 Å². The number of hydrogen-bond donors (Lipinski definition) is 0. The Morgan fingerprint density at radius 1 is 0.889 bits per heavy atom. The van der Waals surface area contributed by atoms with Gasteiger partial charge in [-0.15, -0.1) is 0 Å². The van der Waals surface area contributed by atoms with E-state index in [1.165, 1.54) is 5.56 Å². The molecule has 0 saturated carbocycles. The van der Waals surface area contributed by atoms with Crippen LogP contribution in [0.1, 0.15) is 18.1 Å². The number of ether oxygens (including phenoxy) is 3. The summed E-state index contributed by atoms with van der Waals surface area (Å²) in [7, 11) is 0. The van der Waals surface area contributed by atoms with Gasteiger partial charge in [0.15, 0.2) is 0 Å². The fourth-order valence-electron chi connectivity index (χ4n) is 2.80. The zero-order chi connectivity index (χ0) is 18.9. The number of halogens is 1. The molecule has 0 unspecified atom stereocenters. The molecule has 1 heterocycles. The van der Waals surface area contributed by atoms with Gasteiger partial charge in [0.25, 0.3) is 0 Å². The van der Waals surface area contributed by atoms with Gasteiger partial charge in [0.1, 0.15) is 6.61 Å².